The molecule has 0 saturated heterocycles. The van der Waals surface area contributed by atoms with E-state index < -0.39 is 0 Å². The molecule has 0 spiro atoms. The molecule has 0 fully saturated rings. The molecule has 0 atom stereocenters. The number of hydrogen-bond donors (Lipinski definition) is 0. The molecule has 1 aliphatic rings. The Morgan fingerprint density at radius 3 is 3.08 bits per heavy atom. The Labute approximate surface area is 80.3 Å². The van der Waals surface area contributed by atoms with Crippen LogP contribution in [0.15, 0.2) is 47.0 Å². The summed E-state index contributed by atoms with van der Waals surface area (Å²) in [7, 11) is 0. The van der Waals surface area contributed by atoms with Crippen molar-refractivity contribution < 1.29 is 4.79 Å². The summed E-state index contributed by atoms with van der Waals surface area (Å²) in [5, 5.41) is 0. The van der Waals surface area contributed by atoms with Crippen LogP contribution in [0.25, 0.3) is 0 Å². The maximum absolute atomic E-state index is 11.2. The molecule has 0 saturated carbocycles. The molecule has 1 nitrogen and oxygen atoms in total. The van der Waals surface area contributed by atoms with E-state index in [2.05, 4.69) is 22.5 Å². The number of hydrogen-bond acceptors (Lipinski definition) is 1. The van der Waals surface area contributed by atoms with Crippen molar-refractivity contribution in [2.75, 3.05) is 0 Å². The molecular weight excluding hydrogens is 216 g/mol. The van der Waals surface area contributed by atoms with Crippen LogP contribution in [0, 0.1) is 0 Å². The van der Waals surface area contributed by atoms with Crippen LogP contribution in [-0.4, -0.2) is 5.78 Å². The normalized spacial score (nSPS) is 16.1. The topological polar surface area (TPSA) is 17.1 Å². The van der Waals surface area contributed by atoms with Crippen molar-refractivity contribution in [3.63, 3.8) is 0 Å². The molecule has 0 unspecified atom stereocenters. The maximum Gasteiger partial charge on any atom is 0.184 e. The largest absolute Gasteiger partial charge is 0.289 e. The molecule has 0 aromatic heterocycles. The van der Waals surface area contributed by atoms with Crippen LogP contribution in [0.1, 0.15) is 6.42 Å². The van der Waals surface area contributed by atoms with Gasteiger partial charge in [0.1, 0.15) is 0 Å². The molecule has 1 aliphatic carbocycles. The minimum absolute atomic E-state index is 0.0261. The first kappa shape index (κ1) is 9.20. The Morgan fingerprint density at radius 1 is 1.67 bits per heavy atom. The van der Waals surface area contributed by atoms with E-state index in [9.17, 15) is 4.79 Å². The molecule has 0 N–H and O–H groups in total. The number of carbonyl (C=O) groups is 1. The summed E-state index contributed by atoms with van der Waals surface area (Å²) < 4.78 is 1.07. The van der Waals surface area contributed by atoms with Crippen molar-refractivity contribution in [2.45, 2.75) is 6.42 Å². The molecule has 0 heterocycles. The fraction of sp³-hybridized carbons (Fsp3) is 0.100. The average molecular weight is 225 g/mol. The van der Waals surface area contributed by atoms with Gasteiger partial charge in [-0.3, -0.25) is 4.79 Å². The van der Waals surface area contributed by atoms with Gasteiger partial charge >= 0.3 is 0 Å². The predicted molar refractivity (Wildman–Crippen MR) is 54.1 cm³/mol. The van der Waals surface area contributed by atoms with Crippen LogP contribution in [0.3, 0.4) is 0 Å². The SMILES string of the molecule is C=CC(=O)C1=CCC(Br)=CC=C1. The van der Waals surface area contributed by atoms with Gasteiger partial charge in [-0.2, -0.15) is 0 Å². The van der Waals surface area contributed by atoms with Crippen LogP contribution in [0.2, 0.25) is 0 Å². The van der Waals surface area contributed by atoms with Gasteiger partial charge in [0, 0.05) is 5.57 Å². The molecule has 2 heteroatoms. The first-order valence-corrected chi connectivity index (χ1v) is 4.43. The van der Waals surface area contributed by atoms with Gasteiger partial charge in [-0.1, -0.05) is 46.8 Å². The van der Waals surface area contributed by atoms with Crippen molar-refractivity contribution in [3.05, 3.63) is 47.0 Å². The molecule has 1 rings (SSSR count). The average Bonchev–Trinajstić information content (AvgIpc) is 2.29. The maximum atomic E-state index is 11.2. The molecule has 0 amide bonds. The van der Waals surface area contributed by atoms with Gasteiger partial charge in [0.15, 0.2) is 5.78 Å². The van der Waals surface area contributed by atoms with Gasteiger partial charge < -0.3 is 0 Å². The van der Waals surface area contributed by atoms with Gasteiger partial charge in [-0.25, -0.2) is 0 Å². The monoisotopic (exact) mass is 224 g/mol. The lowest BCUT2D eigenvalue weighted by molar-refractivity contribution is -0.111. The van der Waals surface area contributed by atoms with Crippen molar-refractivity contribution in [3.8, 4) is 0 Å². The summed E-state index contributed by atoms with van der Waals surface area (Å²) in [5.74, 6) is -0.0261. The number of carbonyl (C=O) groups excluding carboxylic acids is 1. The lowest BCUT2D eigenvalue weighted by atomic mass is 10.1. The van der Waals surface area contributed by atoms with Crippen LogP contribution in [-0.2, 0) is 4.79 Å². The third-order valence-corrected chi connectivity index (χ3v) is 2.13. The highest BCUT2D eigenvalue weighted by atomic mass is 79.9. The standard InChI is InChI=1S/C10H9BrO/c1-2-10(12)8-4-3-5-9(11)7-6-8/h2-6H,1,7H2. The summed E-state index contributed by atoms with van der Waals surface area (Å²) in [4.78, 5) is 11.2. The fourth-order valence-corrected chi connectivity index (χ4v) is 1.21. The van der Waals surface area contributed by atoms with E-state index in [1.54, 1.807) is 6.08 Å². The summed E-state index contributed by atoms with van der Waals surface area (Å²) >= 11 is 3.36. The molecule has 12 heavy (non-hydrogen) atoms. The molecule has 0 radical (unpaired) electrons. The van der Waals surface area contributed by atoms with Gasteiger partial charge in [0.2, 0.25) is 0 Å². The summed E-state index contributed by atoms with van der Waals surface area (Å²) in [6, 6.07) is 0. The molecule has 0 aromatic rings. The number of rotatable bonds is 2. The van der Waals surface area contributed by atoms with Crippen LogP contribution >= 0.6 is 15.9 Å². The number of ketones is 1. The Hall–Kier alpha value is -0.890. The smallest absolute Gasteiger partial charge is 0.184 e. The number of allylic oxidation sites excluding steroid dienone is 7. The predicted octanol–water partition coefficient (Wildman–Crippen LogP) is 2.91. The zero-order chi connectivity index (χ0) is 8.97. The first-order chi connectivity index (χ1) is 5.74. The second-order valence-electron chi connectivity index (χ2n) is 2.40. The lowest BCUT2D eigenvalue weighted by Gasteiger charge is -1.93. The second kappa shape index (κ2) is 4.21. The van der Waals surface area contributed by atoms with Crippen LogP contribution < -0.4 is 0 Å². The third kappa shape index (κ3) is 2.31. The summed E-state index contributed by atoms with van der Waals surface area (Å²) in [5.41, 5.74) is 0.704. The van der Waals surface area contributed by atoms with E-state index in [1.807, 2.05) is 18.2 Å². The quantitative estimate of drug-likeness (QED) is 0.660. The Morgan fingerprint density at radius 2 is 2.42 bits per heavy atom. The first-order valence-electron chi connectivity index (χ1n) is 3.63. The Kier molecular flexibility index (Phi) is 3.23. The zero-order valence-electron chi connectivity index (χ0n) is 6.59. The van der Waals surface area contributed by atoms with Crippen molar-refractivity contribution in [1.82, 2.24) is 0 Å². The molecular formula is C10H9BrO. The van der Waals surface area contributed by atoms with Crippen molar-refractivity contribution in [2.24, 2.45) is 0 Å². The van der Waals surface area contributed by atoms with Crippen molar-refractivity contribution in [1.29, 1.82) is 0 Å². The molecule has 0 bridgehead atoms. The molecule has 0 aliphatic heterocycles. The van der Waals surface area contributed by atoms with Gasteiger partial charge in [0.25, 0.3) is 0 Å². The van der Waals surface area contributed by atoms with E-state index >= 15 is 0 Å². The van der Waals surface area contributed by atoms with E-state index in [4.69, 9.17) is 0 Å². The molecule has 0 aromatic carbocycles. The van der Waals surface area contributed by atoms with Crippen LogP contribution in [0.5, 0.6) is 0 Å². The summed E-state index contributed by atoms with van der Waals surface area (Å²) in [6.45, 7) is 3.43. The van der Waals surface area contributed by atoms with E-state index in [-0.39, 0.29) is 5.78 Å². The number of halogens is 1. The van der Waals surface area contributed by atoms with Crippen LogP contribution in [0.4, 0.5) is 0 Å². The van der Waals surface area contributed by atoms with E-state index in [1.165, 1.54) is 6.08 Å². The highest BCUT2D eigenvalue weighted by Crippen LogP contribution is 2.17. The van der Waals surface area contributed by atoms with Gasteiger partial charge in [-0.05, 0) is 17.0 Å². The van der Waals surface area contributed by atoms with E-state index in [0.717, 1.165) is 10.9 Å². The minimum atomic E-state index is -0.0261. The van der Waals surface area contributed by atoms with Gasteiger partial charge in [-0.15, -0.1) is 0 Å². The Bertz CT molecular complexity index is 295. The van der Waals surface area contributed by atoms with Crippen molar-refractivity contribution >= 4 is 21.7 Å². The second-order valence-corrected chi connectivity index (χ2v) is 3.42. The fourth-order valence-electron chi connectivity index (χ4n) is 0.900. The molecule has 62 valence electrons. The van der Waals surface area contributed by atoms with E-state index in [0.29, 0.717) is 5.57 Å². The highest BCUT2D eigenvalue weighted by Gasteiger charge is 2.02. The minimum Gasteiger partial charge on any atom is -0.289 e. The highest BCUT2D eigenvalue weighted by molar-refractivity contribution is 9.11. The lowest BCUT2D eigenvalue weighted by Crippen LogP contribution is -1.93. The van der Waals surface area contributed by atoms with Gasteiger partial charge in [0.05, 0.1) is 0 Å². The Balaban J connectivity index is 2.83. The zero-order valence-corrected chi connectivity index (χ0v) is 8.17. The summed E-state index contributed by atoms with van der Waals surface area (Å²) in [6.07, 6.45) is 9.55. The third-order valence-electron chi connectivity index (χ3n) is 1.54.